The van der Waals surface area contributed by atoms with E-state index in [0.29, 0.717) is 31.4 Å². The second-order valence-electron chi connectivity index (χ2n) is 10.6. The number of benzene rings is 1. The van der Waals surface area contributed by atoms with Gasteiger partial charge in [0.25, 0.3) is 12.3 Å². The third-order valence-electron chi connectivity index (χ3n) is 6.97. The van der Waals surface area contributed by atoms with Crippen molar-refractivity contribution < 1.29 is 18.4 Å². The topological polar surface area (TPSA) is 88.1 Å². The summed E-state index contributed by atoms with van der Waals surface area (Å²) in [6, 6.07) is 9.02. The van der Waals surface area contributed by atoms with Gasteiger partial charge >= 0.3 is 0 Å². The van der Waals surface area contributed by atoms with Gasteiger partial charge in [0.15, 0.2) is 0 Å². The van der Waals surface area contributed by atoms with Crippen LogP contribution in [0.1, 0.15) is 73.1 Å². The molecule has 1 saturated carbocycles. The van der Waals surface area contributed by atoms with Gasteiger partial charge < -0.3 is 15.2 Å². The fraction of sp³-hybridized carbons (Fsp3) is 0.444. The zero-order valence-corrected chi connectivity index (χ0v) is 22.3. The Bertz CT molecular complexity index is 1300. The molecule has 1 aromatic carbocycles. The summed E-state index contributed by atoms with van der Waals surface area (Å²) in [6.07, 6.45) is -0.0260. The van der Waals surface area contributed by atoms with E-state index in [2.05, 4.69) is 50.2 Å². The fourth-order valence-electron chi connectivity index (χ4n) is 4.22. The molecule has 0 radical (unpaired) electrons. The van der Waals surface area contributed by atoms with Crippen LogP contribution in [0.5, 0.6) is 0 Å². The minimum Gasteiger partial charge on any atom is -0.350 e. The number of carbonyl (C=O) groups excluding carboxylic acids is 2. The van der Waals surface area contributed by atoms with Gasteiger partial charge in [0.1, 0.15) is 0 Å². The first-order valence-corrected chi connectivity index (χ1v) is 13.1. The number of hydrogen-bond acceptors (Lipinski definition) is 5. The van der Waals surface area contributed by atoms with Crippen LogP contribution in [0.15, 0.2) is 43.0 Å². The van der Waals surface area contributed by atoms with E-state index < -0.39 is 12.3 Å². The average molecular weight is 530 g/mol. The summed E-state index contributed by atoms with van der Waals surface area (Å²) in [5.74, 6) is -0.342. The van der Waals surface area contributed by atoms with E-state index in [0.717, 1.165) is 27.9 Å². The second kappa shape index (κ2) is 10.7. The molecule has 0 saturated heterocycles. The highest BCUT2D eigenvalue weighted by molar-refractivity contribution is 7.14. The molecule has 2 aromatic heterocycles. The second-order valence-corrected chi connectivity index (χ2v) is 11.7. The van der Waals surface area contributed by atoms with Crippen molar-refractivity contribution in [2.45, 2.75) is 71.6 Å². The summed E-state index contributed by atoms with van der Waals surface area (Å²) in [6.45, 7) is 12.9. The molecule has 10 heteroatoms. The monoisotopic (exact) mass is 529 g/mol. The van der Waals surface area contributed by atoms with Gasteiger partial charge in [0.05, 0.1) is 20.8 Å². The van der Waals surface area contributed by atoms with Gasteiger partial charge in [-0.15, -0.1) is 11.3 Å². The van der Waals surface area contributed by atoms with Gasteiger partial charge in [-0.25, -0.2) is 13.8 Å². The maximum absolute atomic E-state index is 13.0. The van der Waals surface area contributed by atoms with Crippen LogP contribution in [0.4, 0.5) is 14.7 Å². The van der Waals surface area contributed by atoms with E-state index in [-0.39, 0.29) is 33.2 Å². The van der Waals surface area contributed by atoms with Crippen LogP contribution in [-0.2, 0) is 11.3 Å². The lowest BCUT2D eigenvalue weighted by molar-refractivity contribution is -0.117. The summed E-state index contributed by atoms with van der Waals surface area (Å²) >= 11 is 0.768. The molecule has 37 heavy (non-hydrogen) atoms. The standard InChI is InChI=1S/C27H33F2N5O2S/c1-6-23(35)31-17-12-18(13-17)34-20-8-7-16(14-30-15(2)27(3,4)5)11-19(20)32-26(34)33-25(36)22-10-9-21(37-22)24(28)29/h6-11,15,17-18,24,30H,1,12-14H2,2-5H3,(H,31,35)(H,32,33,36)/t15-,17?,18?/m0/s1. The molecule has 2 amide bonds. The highest BCUT2D eigenvalue weighted by Crippen LogP contribution is 2.38. The Labute approximate surface area is 219 Å². The molecule has 0 unspecified atom stereocenters. The summed E-state index contributed by atoms with van der Waals surface area (Å²) in [5, 5.41) is 9.28. The van der Waals surface area contributed by atoms with Crippen molar-refractivity contribution in [3.05, 3.63) is 58.3 Å². The Morgan fingerprint density at radius 3 is 2.59 bits per heavy atom. The Morgan fingerprint density at radius 1 is 1.24 bits per heavy atom. The van der Waals surface area contributed by atoms with Crippen LogP contribution in [-0.4, -0.2) is 33.4 Å². The number of nitrogens with zero attached hydrogens (tertiary/aromatic N) is 2. The molecule has 0 spiro atoms. The Kier molecular flexibility index (Phi) is 7.80. The largest absolute Gasteiger partial charge is 0.350 e. The van der Waals surface area contributed by atoms with Crippen LogP contribution < -0.4 is 16.0 Å². The Balaban J connectivity index is 1.60. The molecule has 3 N–H and O–H groups in total. The summed E-state index contributed by atoms with van der Waals surface area (Å²) < 4.78 is 28.0. The molecule has 1 atom stereocenters. The third kappa shape index (κ3) is 6.07. The van der Waals surface area contributed by atoms with Crippen molar-refractivity contribution in [2.24, 2.45) is 5.41 Å². The molecule has 0 aliphatic heterocycles. The third-order valence-corrected chi connectivity index (χ3v) is 8.06. The van der Waals surface area contributed by atoms with Crippen molar-refractivity contribution in [1.29, 1.82) is 0 Å². The van der Waals surface area contributed by atoms with Crippen LogP contribution >= 0.6 is 11.3 Å². The summed E-state index contributed by atoms with van der Waals surface area (Å²) in [5.41, 5.74) is 2.78. The first-order valence-electron chi connectivity index (χ1n) is 12.3. The van der Waals surface area contributed by atoms with E-state index in [4.69, 9.17) is 4.98 Å². The van der Waals surface area contributed by atoms with Crippen LogP contribution in [0.2, 0.25) is 0 Å². The predicted octanol–water partition coefficient (Wildman–Crippen LogP) is 5.82. The van der Waals surface area contributed by atoms with Gasteiger partial charge in [-0.2, -0.15) is 0 Å². The van der Waals surface area contributed by atoms with Gasteiger partial charge in [-0.3, -0.25) is 14.9 Å². The van der Waals surface area contributed by atoms with E-state index >= 15 is 0 Å². The molecule has 4 rings (SSSR count). The van der Waals surface area contributed by atoms with Crippen LogP contribution in [0.3, 0.4) is 0 Å². The van der Waals surface area contributed by atoms with Gasteiger partial charge in [-0.1, -0.05) is 33.4 Å². The molecule has 1 aliphatic carbocycles. The quantitative estimate of drug-likeness (QED) is 0.305. The lowest BCUT2D eigenvalue weighted by Gasteiger charge is -2.37. The lowest BCUT2D eigenvalue weighted by Crippen LogP contribution is -2.44. The van der Waals surface area contributed by atoms with E-state index in [1.165, 1.54) is 18.2 Å². The molecular formula is C27H33F2N5O2S. The number of anilines is 1. The lowest BCUT2D eigenvalue weighted by atomic mass is 9.86. The number of carbonyl (C=O) groups is 2. The molecule has 0 bridgehead atoms. The molecule has 198 valence electrons. The smallest absolute Gasteiger partial charge is 0.272 e. The zero-order valence-electron chi connectivity index (χ0n) is 21.5. The van der Waals surface area contributed by atoms with Gasteiger partial charge in [0.2, 0.25) is 11.9 Å². The molecule has 3 aromatic rings. The van der Waals surface area contributed by atoms with E-state index in [1.807, 2.05) is 22.8 Å². The number of thiophene rings is 1. The normalized spacial score (nSPS) is 18.5. The minimum absolute atomic E-state index is 0.00440. The maximum Gasteiger partial charge on any atom is 0.272 e. The summed E-state index contributed by atoms with van der Waals surface area (Å²) in [7, 11) is 0. The van der Waals surface area contributed by atoms with Crippen molar-refractivity contribution in [3.8, 4) is 0 Å². The van der Waals surface area contributed by atoms with Crippen molar-refractivity contribution >= 4 is 40.1 Å². The Morgan fingerprint density at radius 2 is 1.97 bits per heavy atom. The summed E-state index contributed by atoms with van der Waals surface area (Å²) in [4.78, 5) is 29.4. The average Bonchev–Trinajstić information content (AvgIpc) is 3.44. The van der Waals surface area contributed by atoms with Crippen LogP contribution in [0, 0.1) is 5.41 Å². The molecule has 2 heterocycles. The first kappa shape index (κ1) is 26.9. The number of halogens is 2. The highest BCUT2D eigenvalue weighted by atomic mass is 32.1. The molecule has 1 fully saturated rings. The highest BCUT2D eigenvalue weighted by Gasteiger charge is 2.34. The number of hydrogen-bond donors (Lipinski definition) is 3. The van der Waals surface area contributed by atoms with Crippen molar-refractivity contribution in [3.63, 3.8) is 0 Å². The molecule has 1 aliphatic rings. The number of aromatic nitrogens is 2. The molecular weight excluding hydrogens is 496 g/mol. The fourth-order valence-corrected chi connectivity index (χ4v) is 4.98. The van der Waals surface area contributed by atoms with Gasteiger partial charge in [-0.05, 0) is 61.1 Å². The number of imidazole rings is 1. The van der Waals surface area contributed by atoms with E-state index in [1.54, 1.807) is 0 Å². The van der Waals surface area contributed by atoms with E-state index in [9.17, 15) is 18.4 Å². The first-order chi connectivity index (χ1) is 17.5. The number of nitrogens with one attached hydrogen (secondary N) is 3. The number of rotatable bonds is 9. The zero-order chi connectivity index (χ0) is 26.9. The Hall–Kier alpha value is -3.11. The van der Waals surface area contributed by atoms with Crippen molar-refractivity contribution in [1.82, 2.24) is 20.2 Å². The number of fused-ring (bicyclic) bond motifs is 1. The number of amides is 2. The van der Waals surface area contributed by atoms with Crippen molar-refractivity contribution in [2.75, 3.05) is 5.32 Å². The SMILES string of the molecule is C=CC(=O)NC1CC(n2c(NC(=O)c3ccc(C(F)F)s3)nc3cc(CN[C@@H](C)C(C)(C)C)ccc32)C1. The number of alkyl halides is 2. The minimum atomic E-state index is -2.62. The van der Waals surface area contributed by atoms with Gasteiger partial charge in [0, 0.05) is 24.7 Å². The molecule has 7 nitrogen and oxygen atoms in total. The maximum atomic E-state index is 13.0. The predicted molar refractivity (Wildman–Crippen MR) is 143 cm³/mol. The van der Waals surface area contributed by atoms with Crippen LogP contribution in [0.25, 0.3) is 11.0 Å².